The summed E-state index contributed by atoms with van der Waals surface area (Å²) < 4.78 is 10.6. The highest BCUT2D eigenvalue weighted by Crippen LogP contribution is 2.32. The molecule has 5 rings (SSSR count). The molecule has 32 heavy (non-hydrogen) atoms. The van der Waals surface area contributed by atoms with E-state index < -0.39 is 0 Å². The first kappa shape index (κ1) is 20.1. The summed E-state index contributed by atoms with van der Waals surface area (Å²) in [6.45, 7) is 0. The summed E-state index contributed by atoms with van der Waals surface area (Å²) in [5.41, 5.74) is 5.25. The number of ether oxygens (including phenoxy) is 2. The van der Waals surface area contributed by atoms with Crippen molar-refractivity contribution in [2.45, 2.75) is 12.8 Å². The van der Waals surface area contributed by atoms with Gasteiger partial charge in [0.2, 0.25) is 0 Å². The van der Waals surface area contributed by atoms with Crippen molar-refractivity contribution >= 4 is 21.5 Å². The fourth-order valence-electron chi connectivity index (χ4n) is 4.43. The van der Waals surface area contributed by atoms with E-state index in [1.807, 2.05) is 24.3 Å². The Morgan fingerprint density at radius 2 is 1.06 bits per heavy atom. The number of benzene rings is 5. The second-order valence-electron chi connectivity index (χ2n) is 8.18. The third-order valence-corrected chi connectivity index (χ3v) is 6.15. The van der Waals surface area contributed by atoms with Gasteiger partial charge in [-0.05, 0) is 87.0 Å². The number of methoxy groups -OCH3 is 2. The van der Waals surface area contributed by atoms with E-state index in [-0.39, 0.29) is 0 Å². The average molecular weight is 419 g/mol. The van der Waals surface area contributed by atoms with E-state index in [1.54, 1.807) is 14.2 Å². The quantitative estimate of drug-likeness (QED) is 0.272. The number of hydrogen-bond donors (Lipinski definition) is 0. The van der Waals surface area contributed by atoms with Crippen LogP contribution in [0.5, 0.6) is 11.5 Å². The summed E-state index contributed by atoms with van der Waals surface area (Å²) in [5, 5.41) is 5.21. The Hall–Kier alpha value is -3.78. The first-order valence-electron chi connectivity index (χ1n) is 10.9. The number of fused-ring (bicyclic) bond motifs is 2. The smallest absolute Gasteiger partial charge is 0.118 e. The van der Waals surface area contributed by atoms with Crippen LogP contribution in [0.4, 0.5) is 0 Å². The number of hydrogen-bond acceptors (Lipinski definition) is 2. The molecule has 0 radical (unpaired) electrons. The zero-order valence-corrected chi connectivity index (χ0v) is 18.5. The van der Waals surface area contributed by atoms with Gasteiger partial charge in [0.05, 0.1) is 14.2 Å². The minimum atomic E-state index is 0.883. The third kappa shape index (κ3) is 4.04. The van der Waals surface area contributed by atoms with Gasteiger partial charge >= 0.3 is 0 Å². The predicted molar refractivity (Wildman–Crippen MR) is 133 cm³/mol. The highest BCUT2D eigenvalue weighted by molar-refractivity contribution is 6.02. The lowest BCUT2D eigenvalue weighted by molar-refractivity contribution is 0.414. The van der Waals surface area contributed by atoms with Crippen molar-refractivity contribution < 1.29 is 9.47 Å². The summed E-state index contributed by atoms with van der Waals surface area (Å²) in [6, 6.07) is 34.6. The summed E-state index contributed by atoms with van der Waals surface area (Å²) in [7, 11) is 3.41. The van der Waals surface area contributed by atoms with Crippen LogP contribution in [0.25, 0.3) is 21.5 Å². The van der Waals surface area contributed by atoms with Gasteiger partial charge in [0.15, 0.2) is 0 Å². The second kappa shape index (κ2) is 8.76. The van der Waals surface area contributed by atoms with Crippen molar-refractivity contribution in [2.75, 3.05) is 14.2 Å². The third-order valence-electron chi connectivity index (χ3n) is 6.15. The van der Waals surface area contributed by atoms with Crippen molar-refractivity contribution in [3.63, 3.8) is 0 Å². The lowest BCUT2D eigenvalue weighted by Crippen LogP contribution is -1.95. The van der Waals surface area contributed by atoms with Crippen LogP contribution < -0.4 is 9.47 Å². The van der Waals surface area contributed by atoms with E-state index in [0.717, 1.165) is 24.3 Å². The molecule has 2 nitrogen and oxygen atoms in total. The molecule has 0 aromatic heterocycles. The molecule has 0 saturated heterocycles. The van der Waals surface area contributed by atoms with Crippen LogP contribution in [0.15, 0.2) is 97.1 Å². The van der Waals surface area contributed by atoms with Gasteiger partial charge in [0.25, 0.3) is 0 Å². The fourth-order valence-corrected chi connectivity index (χ4v) is 4.43. The molecule has 0 amide bonds. The normalized spacial score (nSPS) is 11.1. The molecule has 2 heteroatoms. The molecule has 0 bridgehead atoms. The van der Waals surface area contributed by atoms with E-state index in [9.17, 15) is 0 Å². The Kier molecular flexibility index (Phi) is 5.51. The minimum absolute atomic E-state index is 0.883. The molecular formula is C30H26O2. The van der Waals surface area contributed by atoms with Gasteiger partial charge in [-0.25, -0.2) is 0 Å². The molecule has 0 aliphatic carbocycles. The molecule has 0 heterocycles. The molecule has 0 atom stereocenters. The van der Waals surface area contributed by atoms with Gasteiger partial charge in [0, 0.05) is 0 Å². The van der Waals surface area contributed by atoms with Crippen molar-refractivity contribution in [2.24, 2.45) is 0 Å². The average Bonchev–Trinajstić information content (AvgIpc) is 2.85. The van der Waals surface area contributed by atoms with Crippen molar-refractivity contribution in [1.29, 1.82) is 0 Å². The molecule has 0 saturated carbocycles. The molecule has 0 aliphatic heterocycles. The largest absolute Gasteiger partial charge is 0.497 e. The lowest BCUT2D eigenvalue weighted by atomic mass is 9.90. The topological polar surface area (TPSA) is 18.5 Å². The van der Waals surface area contributed by atoms with E-state index >= 15 is 0 Å². The molecule has 158 valence electrons. The molecule has 0 spiro atoms. The monoisotopic (exact) mass is 418 g/mol. The van der Waals surface area contributed by atoms with Gasteiger partial charge in [-0.1, -0.05) is 66.7 Å². The molecule has 0 N–H and O–H groups in total. The lowest BCUT2D eigenvalue weighted by Gasteiger charge is -2.14. The van der Waals surface area contributed by atoms with E-state index in [4.69, 9.17) is 9.47 Å². The SMILES string of the molecule is COc1ccc(Cc2ccc3cc4ccccc4c(Cc4ccc(OC)cc4)c3c2)cc1. The predicted octanol–water partition coefficient (Wildman–Crippen LogP) is 7.19. The maximum atomic E-state index is 5.34. The zero-order chi connectivity index (χ0) is 21.9. The van der Waals surface area contributed by atoms with E-state index in [0.29, 0.717) is 0 Å². The minimum Gasteiger partial charge on any atom is -0.497 e. The summed E-state index contributed by atoms with van der Waals surface area (Å²) in [4.78, 5) is 0. The summed E-state index contributed by atoms with van der Waals surface area (Å²) >= 11 is 0. The first-order chi connectivity index (χ1) is 15.7. The van der Waals surface area contributed by atoms with Crippen molar-refractivity contribution in [3.05, 3.63) is 119 Å². The van der Waals surface area contributed by atoms with Gasteiger partial charge in [-0.3, -0.25) is 0 Å². The van der Waals surface area contributed by atoms with Crippen LogP contribution in [-0.4, -0.2) is 14.2 Å². The zero-order valence-electron chi connectivity index (χ0n) is 18.5. The molecule has 0 aliphatic rings. The Bertz CT molecular complexity index is 1370. The van der Waals surface area contributed by atoms with Crippen LogP contribution in [0.2, 0.25) is 0 Å². The molecule has 0 unspecified atom stereocenters. The van der Waals surface area contributed by atoms with Crippen LogP contribution in [-0.2, 0) is 12.8 Å². The molecule has 5 aromatic rings. The van der Waals surface area contributed by atoms with Crippen LogP contribution in [0.1, 0.15) is 22.3 Å². The van der Waals surface area contributed by atoms with E-state index in [1.165, 1.54) is 43.8 Å². The molecule has 5 aromatic carbocycles. The van der Waals surface area contributed by atoms with Crippen LogP contribution >= 0.6 is 0 Å². The van der Waals surface area contributed by atoms with Gasteiger partial charge < -0.3 is 9.47 Å². The Morgan fingerprint density at radius 1 is 0.500 bits per heavy atom. The Morgan fingerprint density at radius 3 is 1.72 bits per heavy atom. The maximum absolute atomic E-state index is 5.34. The fraction of sp³-hybridized carbons (Fsp3) is 0.133. The van der Waals surface area contributed by atoms with Gasteiger partial charge in [0.1, 0.15) is 11.5 Å². The highest BCUT2D eigenvalue weighted by Gasteiger charge is 2.10. The van der Waals surface area contributed by atoms with Crippen molar-refractivity contribution in [3.8, 4) is 11.5 Å². The summed E-state index contributed by atoms with van der Waals surface area (Å²) in [6.07, 6.45) is 1.78. The maximum Gasteiger partial charge on any atom is 0.118 e. The summed E-state index contributed by atoms with van der Waals surface area (Å²) in [5.74, 6) is 1.78. The Balaban J connectivity index is 1.59. The molecule has 0 fully saturated rings. The van der Waals surface area contributed by atoms with Crippen LogP contribution in [0.3, 0.4) is 0 Å². The van der Waals surface area contributed by atoms with E-state index in [2.05, 4.69) is 72.8 Å². The molecular weight excluding hydrogens is 392 g/mol. The number of rotatable bonds is 6. The standard InChI is InChI=1S/C30H26O2/c1-31-26-13-8-21(9-14-26)17-23-7-12-25-20-24-5-3-4-6-28(24)30(29(25)19-23)18-22-10-15-27(32-2)16-11-22/h3-16,19-20H,17-18H2,1-2H3. The van der Waals surface area contributed by atoms with Gasteiger partial charge in [-0.15, -0.1) is 0 Å². The Labute approximate surface area is 189 Å². The van der Waals surface area contributed by atoms with Gasteiger partial charge in [-0.2, -0.15) is 0 Å². The van der Waals surface area contributed by atoms with Crippen molar-refractivity contribution in [1.82, 2.24) is 0 Å². The second-order valence-corrected chi connectivity index (χ2v) is 8.18. The first-order valence-corrected chi connectivity index (χ1v) is 10.9. The highest BCUT2D eigenvalue weighted by atomic mass is 16.5. The van der Waals surface area contributed by atoms with Crippen LogP contribution in [0, 0.1) is 0 Å².